The number of aryl methyl sites for hydroxylation is 2. The first-order valence-electron chi connectivity index (χ1n) is 5.38. The third kappa shape index (κ3) is 1.57. The minimum Gasteiger partial charge on any atom is -0.369 e. The predicted molar refractivity (Wildman–Crippen MR) is 55.0 cm³/mol. The zero-order valence-electron chi connectivity index (χ0n) is 8.95. The Morgan fingerprint density at radius 2 is 1.93 bits per heavy atom. The second-order valence-electron chi connectivity index (χ2n) is 4.38. The molecule has 1 fully saturated rings. The molecule has 0 atom stereocenters. The van der Waals surface area contributed by atoms with Gasteiger partial charge in [0.2, 0.25) is 0 Å². The maximum atomic E-state index is 10.4. The van der Waals surface area contributed by atoms with Gasteiger partial charge in [-0.15, -0.1) is 0 Å². The topological polar surface area (TPSA) is 38.0 Å². The highest BCUT2D eigenvalue weighted by Gasteiger charge is 2.32. The minimum absolute atomic E-state index is 0.712. The lowest BCUT2D eigenvalue weighted by molar-refractivity contribution is -0.0811. The van der Waals surface area contributed by atoms with Gasteiger partial charge in [0.15, 0.2) is 5.72 Å². The first kappa shape index (κ1) is 9.71. The summed E-state index contributed by atoms with van der Waals surface area (Å²) in [6, 6.07) is 2.02. The second-order valence-corrected chi connectivity index (χ2v) is 4.38. The molecule has 0 bridgehead atoms. The molecule has 3 heteroatoms. The third-order valence-electron chi connectivity index (χ3n) is 3.06. The second kappa shape index (κ2) is 3.39. The van der Waals surface area contributed by atoms with Gasteiger partial charge in [-0.05, 0) is 45.6 Å². The van der Waals surface area contributed by atoms with E-state index in [1.165, 1.54) is 6.42 Å². The SMILES string of the molecule is Cc1cc(C)n(C2(O)CCCCC2)n1. The summed E-state index contributed by atoms with van der Waals surface area (Å²) in [5.74, 6) is 0. The summed E-state index contributed by atoms with van der Waals surface area (Å²) < 4.78 is 1.81. The molecule has 0 aliphatic heterocycles. The van der Waals surface area contributed by atoms with E-state index < -0.39 is 5.72 Å². The van der Waals surface area contributed by atoms with Gasteiger partial charge >= 0.3 is 0 Å². The molecular weight excluding hydrogens is 176 g/mol. The first-order valence-corrected chi connectivity index (χ1v) is 5.38. The van der Waals surface area contributed by atoms with E-state index in [4.69, 9.17) is 0 Å². The van der Waals surface area contributed by atoms with Crippen LogP contribution in [0.4, 0.5) is 0 Å². The molecule has 0 unspecified atom stereocenters. The van der Waals surface area contributed by atoms with Crippen LogP contribution in [-0.2, 0) is 5.72 Å². The highest BCUT2D eigenvalue weighted by Crippen LogP contribution is 2.32. The highest BCUT2D eigenvalue weighted by molar-refractivity contribution is 5.08. The molecule has 0 radical (unpaired) electrons. The van der Waals surface area contributed by atoms with Crippen molar-refractivity contribution in [3.63, 3.8) is 0 Å². The number of hydrogen-bond donors (Lipinski definition) is 1. The fourth-order valence-corrected chi connectivity index (χ4v) is 2.38. The Morgan fingerprint density at radius 3 is 2.43 bits per heavy atom. The van der Waals surface area contributed by atoms with Crippen LogP contribution in [0.15, 0.2) is 6.07 Å². The van der Waals surface area contributed by atoms with Crippen molar-refractivity contribution in [2.75, 3.05) is 0 Å². The average Bonchev–Trinajstić information content (AvgIpc) is 2.47. The number of aliphatic hydroxyl groups is 1. The molecule has 1 aliphatic carbocycles. The number of aromatic nitrogens is 2. The highest BCUT2D eigenvalue weighted by atomic mass is 16.3. The van der Waals surface area contributed by atoms with Crippen LogP contribution < -0.4 is 0 Å². The number of hydrogen-bond acceptors (Lipinski definition) is 2. The lowest BCUT2D eigenvalue weighted by Crippen LogP contribution is -2.37. The van der Waals surface area contributed by atoms with Crippen molar-refractivity contribution in [2.24, 2.45) is 0 Å². The van der Waals surface area contributed by atoms with Crippen LogP contribution in [0, 0.1) is 13.8 Å². The normalized spacial score (nSPS) is 21.1. The predicted octanol–water partition coefficient (Wildman–Crippen LogP) is 2.11. The lowest BCUT2D eigenvalue weighted by Gasteiger charge is -2.33. The van der Waals surface area contributed by atoms with Gasteiger partial charge in [-0.2, -0.15) is 5.10 Å². The van der Waals surface area contributed by atoms with Crippen molar-refractivity contribution >= 4 is 0 Å². The Balaban J connectivity index is 2.32. The summed E-state index contributed by atoms with van der Waals surface area (Å²) in [4.78, 5) is 0. The van der Waals surface area contributed by atoms with E-state index in [0.29, 0.717) is 0 Å². The molecule has 1 aromatic heterocycles. The molecule has 1 heterocycles. The quantitative estimate of drug-likeness (QED) is 0.743. The Labute approximate surface area is 84.7 Å². The average molecular weight is 194 g/mol. The summed E-state index contributed by atoms with van der Waals surface area (Å²) in [6.45, 7) is 3.97. The van der Waals surface area contributed by atoms with Crippen LogP contribution >= 0.6 is 0 Å². The van der Waals surface area contributed by atoms with Gasteiger partial charge in [0.1, 0.15) is 0 Å². The van der Waals surface area contributed by atoms with Crippen molar-refractivity contribution in [3.05, 3.63) is 17.5 Å². The van der Waals surface area contributed by atoms with E-state index >= 15 is 0 Å². The molecule has 3 nitrogen and oxygen atoms in total. The van der Waals surface area contributed by atoms with Gasteiger partial charge in [-0.3, -0.25) is 0 Å². The maximum Gasteiger partial charge on any atom is 0.158 e. The van der Waals surface area contributed by atoms with Crippen molar-refractivity contribution < 1.29 is 5.11 Å². The van der Waals surface area contributed by atoms with E-state index in [-0.39, 0.29) is 0 Å². The first-order chi connectivity index (χ1) is 6.62. The summed E-state index contributed by atoms with van der Waals surface area (Å²) >= 11 is 0. The van der Waals surface area contributed by atoms with Gasteiger partial charge in [-0.1, -0.05) is 6.42 Å². The molecule has 1 aromatic rings. The Bertz CT molecular complexity index is 324. The van der Waals surface area contributed by atoms with Crippen LogP contribution in [-0.4, -0.2) is 14.9 Å². The molecule has 78 valence electrons. The lowest BCUT2D eigenvalue weighted by atomic mass is 9.92. The van der Waals surface area contributed by atoms with Gasteiger partial charge in [-0.25, -0.2) is 4.68 Å². The van der Waals surface area contributed by atoms with Gasteiger partial charge in [0, 0.05) is 5.69 Å². The largest absolute Gasteiger partial charge is 0.369 e. The molecule has 0 amide bonds. The molecule has 1 saturated carbocycles. The van der Waals surface area contributed by atoms with E-state index in [1.807, 2.05) is 24.6 Å². The molecule has 0 aromatic carbocycles. The van der Waals surface area contributed by atoms with Crippen molar-refractivity contribution in [1.82, 2.24) is 9.78 Å². The smallest absolute Gasteiger partial charge is 0.158 e. The van der Waals surface area contributed by atoms with Gasteiger partial charge in [0.25, 0.3) is 0 Å². The molecule has 14 heavy (non-hydrogen) atoms. The molecule has 0 spiro atoms. The number of nitrogens with zero attached hydrogens (tertiary/aromatic N) is 2. The fraction of sp³-hybridized carbons (Fsp3) is 0.727. The fourth-order valence-electron chi connectivity index (χ4n) is 2.38. The van der Waals surface area contributed by atoms with Crippen LogP contribution in [0.5, 0.6) is 0 Å². The summed E-state index contributed by atoms with van der Waals surface area (Å²) in [7, 11) is 0. The summed E-state index contributed by atoms with van der Waals surface area (Å²) in [5, 5.41) is 14.8. The maximum absolute atomic E-state index is 10.4. The standard InChI is InChI=1S/C11H18N2O/c1-9-8-10(2)13(12-9)11(14)6-4-3-5-7-11/h8,14H,3-7H2,1-2H3. The van der Waals surface area contributed by atoms with E-state index in [9.17, 15) is 5.11 Å². The van der Waals surface area contributed by atoms with E-state index in [2.05, 4.69) is 5.10 Å². The number of rotatable bonds is 1. The minimum atomic E-state index is -0.712. The van der Waals surface area contributed by atoms with Crippen LogP contribution in [0.1, 0.15) is 43.5 Å². The van der Waals surface area contributed by atoms with Crippen LogP contribution in [0.25, 0.3) is 0 Å². The van der Waals surface area contributed by atoms with E-state index in [0.717, 1.165) is 37.1 Å². The molecular formula is C11H18N2O. The molecule has 1 N–H and O–H groups in total. The Hall–Kier alpha value is -0.830. The summed E-state index contributed by atoms with van der Waals surface area (Å²) in [5.41, 5.74) is 1.34. The molecule has 0 saturated heterocycles. The third-order valence-corrected chi connectivity index (χ3v) is 3.06. The summed E-state index contributed by atoms with van der Waals surface area (Å²) in [6.07, 6.45) is 5.13. The van der Waals surface area contributed by atoms with Crippen molar-refractivity contribution in [1.29, 1.82) is 0 Å². The monoisotopic (exact) mass is 194 g/mol. The van der Waals surface area contributed by atoms with Crippen molar-refractivity contribution in [3.8, 4) is 0 Å². The van der Waals surface area contributed by atoms with Crippen LogP contribution in [0.2, 0.25) is 0 Å². The van der Waals surface area contributed by atoms with Crippen LogP contribution in [0.3, 0.4) is 0 Å². The Kier molecular flexibility index (Phi) is 2.35. The molecule has 1 aliphatic rings. The molecule has 2 rings (SSSR count). The van der Waals surface area contributed by atoms with Gasteiger partial charge in [0.05, 0.1) is 5.69 Å². The van der Waals surface area contributed by atoms with E-state index in [1.54, 1.807) is 0 Å². The zero-order valence-corrected chi connectivity index (χ0v) is 8.95. The zero-order chi connectivity index (χ0) is 10.2. The van der Waals surface area contributed by atoms with Crippen molar-refractivity contribution in [2.45, 2.75) is 51.7 Å². The Morgan fingerprint density at radius 1 is 1.29 bits per heavy atom. The van der Waals surface area contributed by atoms with Gasteiger partial charge < -0.3 is 5.11 Å².